The van der Waals surface area contributed by atoms with Crippen LogP contribution in [0.15, 0.2) is 17.2 Å². The Morgan fingerprint density at radius 3 is 2.32 bits per heavy atom. The Morgan fingerprint density at radius 2 is 1.73 bits per heavy atom. The van der Waals surface area contributed by atoms with Gasteiger partial charge in [0.25, 0.3) is 0 Å². The maximum Gasteiger partial charge on any atom is 0.187 e. The first-order valence-electron chi connectivity index (χ1n) is 6.52. The summed E-state index contributed by atoms with van der Waals surface area (Å²) in [5.41, 5.74) is 3.44. The summed E-state index contributed by atoms with van der Waals surface area (Å²) >= 11 is 5.06. The molecule has 0 bridgehead atoms. The molecule has 1 rings (SSSR count). The van der Waals surface area contributed by atoms with E-state index in [-0.39, 0.29) is 0 Å². The third-order valence-corrected chi connectivity index (χ3v) is 2.93. The van der Waals surface area contributed by atoms with Crippen LogP contribution in [0, 0.1) is 0 Å². The first-order chi connectivity index (χ1) is 10.7. The van der Waals surface area contributed by atoms with Crippen LogP contribution in [0.4, 0.5) is 0 Å². The molecule has 0 aromatic heterocycles. The average Bonchev–Trinajstić information content (AvgIpc) is 2.54. The fourth-order valence-corrected chi connectivity index (χ4v) is 1.78. The minimum Gasteiger partial charge on any atom is -0.496 e. The molecular formula is C14H21N3O4S. The standard InChI is InChI=1S/C14H21N3O4S/c1-18-6-5-15-14(22)17-16-9-10-7-12(20-3)13(21-4)8-11(10)19-2/h7-9H,5-6H2,1-4H3,(H2,15,17,22). The van der Waals surface area contributed by atoms with Gasteiger partial charge in [-0.2, -0.15) is 5.10 Å². The van der Waals surface area contributed by atoms with Gasteiger partial charge in [0.1, 0.15) is 5.75 Å². The minimum absolute atomic E-state index is 0.410. The van der Waals surface area contributed by atoms with Crippen LogP contribution in [0.2, 0.25) is 0 Å². The third-order valence-electron chi connectivity index (χ3n) is 2.70. The van der Waals surface area contributed by atoms with Gasteiger partial charge >= 0.3 is 0 Å². The van der Waals surface area contributed by atoms with Gasteiger partial charge in [-0.05, 0) is 18.3 Å². The quantitative estimate of drug-likeness (QED) is 0.321. The van der Waals surface area contributed by atoms with E-state index < -0.39 is 0 Å². The largest absolute Gasteiger partial charge is 0.496 e. The number of thiocarbonyl (C=S) groups is 1. The van der Waals surface area contributed by atoms with Crippen LogP contribution in [-0.2, 0) is 4.74 Å². The fraction of sp³-hybridized carbons (Fsp3) is 0.429. The van der Waals surface area contributed by atoms with E-state index >= 15 is 0 Å². The summed E-state index contributed by atoms with van der Waals surface area (Å²) in [6.45, 7) is 1.17. The van der Waals surface area contributed by atoms with Gasteiger partial charge in [-0.1, -0.05) is 0 Å². The van der Waals surface area contributed by atoms with Crippen molar-refractivity contribution in [3.05, 3.63) is 17.7 Å². The molecule has 0 heterocycles. The molecule has 0 aliphatic heterocycles. The molecule has 1 aromatic carbocycles. The van der Waals surface area contributed by atoms with Crippen molar-refractivity contribution in [2.75, 3.05) is 41.6 Å². The number of hydrogen-bond acceptors (Lipinski definition) is 6. The molecule has 8 heteroatoms. The van der Waals surface area contributed by atoms with Gasteiger partial charge in [-0.15, -0.1) is 0 Å². The van der Waals surface area contributed by atoms with E-state index in [1.54, 1.807) is 46.8 Å². The molecule has 0 unspecified atom stereocenters. The van der Waals surface area contributed by atoms with Crippen LogP contribution in [0.1, 0.15) is 5.56 Å². The normalized spacial score (nSPS) is 10.4. The second kappa shape index (κ2) is 9.80. The Kier molecular flexibility index (Phi) is 8.01. The zero-order valence-electron chi connectivity index (χ0n) is 13.1. The van der Waals surface area contributed by atoms with Crippen LogP contribution in [0.5, 0.6) is 17.2 Å². The molecule has 0 saturated carbocycles. The van der Waals surface area contributed by atoms with E-state index in [0.29, 0.717) is 35.5 Å². The highest BCUT2D eigenvalue weighted by atomic mass is 32.1. The SMILES string of the molecule is COCCNC(=S)NN=Cc1cc(OC)c(OC)cc1OC. The second-order valence-electron chi connectivity index (χ2n) is 4.07. The van der Waals surface area contributed by atoms with Crippen LogP contribution >= 0.6 is 12.2 Å². The highest BCUT2D eigenvalue weighted by Gasteiger charge is 2.10. The van der Waals surface area contributed by atoms with Gasteiger partial charge in [-0.25, -0.2) is 0 Å². The number of methoxy groups -OCH3 is 4. The van der Waals surface area contributed by atoms with Crippen LogP contribution < -0.4 is 25.0 Å². The number of nitrogens with zero attached hydrogens (tertiary/aromatic N) is 1. The molecule has 0 radical (unpaired) electrons. The maximum atomic E-state index is 5.30. The number of hydrazone groups is 1. The lowest BCUT2D eigenvalue weighted by atomic mass is 10.2. The smallest absolute Gasteiger partial charge is 0.187 e. The van der Waals surface area contributed by atoms with Crippen molar-refractivity contribution in [1.29, 1.82) is 0 Å². The fourth-order valence-electron chi connectivity index (χ4n) is 1.62. The van der Waals surface area contributed by atoms with Gasteiger partial charge in [-0.3, -0.25) is 5.43 Å². The first kappa shape index (κ1) is 18.0. The van der Waals surface area contributed by atoms with Crippen molar-refractivity contribution in [2.24, 2.45) is 5.10 Å². The minimum atomic E-state index is 0.410. The van der Waals surface area contributed by atoms with Crippen molar-refractivity contribution in [3.63, 3.8) is 0 Å². The maximum absolute atomic E-state index is 5.30. The first-order valence-corrected chi connectivity index (χ1v) is 6.93. The molecule has 7 nitrogen and oxygen atoms in total. The number of nitrogens with one attached hydrogen (secondary N) is 2. The topological polar surface area (TPSA) is 73.3 Å². The zero-order valence-corrected chi connectivity index (χ0v) is 14.0. The predicted molar refractivity (Wildman–Crippen MR) is 89.3 cm³/mol. The van der Waals surface area contributed by atoms with Gasteiger partial charge < -0.3 is 24.3 Å². The van der Waals surface area contributed by atoms with Gasteiger partial charge in [0.2, 0.25) is 0 Å². The summed E-state index contributed by atoms with van der Waals surface area (Å²) in [4.78, 5) is 0. The molecule has 122 valence electrons. The molecule has 0 aliphatic rings. The van der Waals surface area contributed by atoms with Crippen molar-refractivity contribution in [3.8, 4) is 17.2 Å². The lowest BCUT2D eigenvalue weighted by molar-refractivity contribution is 0.204. The molecule has 1 aromatic rings. The van der Waals surface area contributed by atoms with Crippen molar-refractivity contribution in [2.45, 2.75) is 0 Å². The summed E-state index contributed by atoms with van der Waals surface area (Å²) in [5.74, 6) is 1.79. The van der Waals surface area contributed by atoms with E-state index in [9.17, 15) is 0 Å². The summed E-state index contributed by atoms with van der Waals surface area (Å²) in [5, 5.41) is 7.42. The molecule has 0 atom stereocenters. The lowest BCUT2D eigenvalue weighted by Gasteiger charge is -2.12. The summed E-state index contributed by atoms with van der Waals surface area (Å²) in [6, 6.07) is 3.50. The van der Waals surface area contributed by atoms with E-state index in [0.717, 1.165) is 5.56 Å². The number of hydrogen-bond donors (Lipinski definition) is 2. The van der Waals surface area contributed by atoms with Gasteiger partial charge in [0.15, 0.2) is 16.6 Å². The van der Waals surface area contributed by atoms with Crippen molar-refractivity contribution < 1.29 is 18.9 Å². The molecule has 0 aliphatic carbocycles. The zero-order chi connectivity index (χ0) is 16.4. The van der Waals surface area contributed by atoms with Crippen LogP contribution in [0.3, 0.4) is 0 Å². The van der Waals surface area contributed by atoms with E-state index in [1.165, 1.54) is 0 Å². The van der Waals surface area contributed by atoms with E-state index in [2.05, 4.69) is 15.8 Å². The monoisotopic (exact) mass is 327 g/mol. The molecule has 0 spiro atoms. The summed E-state index contributed by atoms with van der Waals surface area (Å²) < 4.78 is 20.7. The van der Waals surface area contributed by atoms with Crippen LogP contribution in [0.25, 0.3) is 0 Å². The molecule has 0 amide bonds. The Labute approximate surface area is 135 Å². The third kappa shape index (κ3) is 5.38. The Morgan fingerprint density at radius 1 is 1.09 bits per heavy atom. The average molecular weight is 327 g/mol. The highest BCUT2D eigenvalue weighted by Crippen LogP contribution is 2.33. The Hall–Kier alpha value is -2.06. The van der Waals surface area contributed by atoms with Gasteiger partial charge in [0.05, 0.1) is 34.2 Å². The van der Waals surface area contributed by atoms with Gasteiger partial charge in [0, 0.05) is 25.3 Å². The summed E-state index contributed by atoms with van der Waals surface area (Å²) in [7, 11) is 6.33. The highest BCUT2D eigenvalue weighted by molar-refractivity contribution is 7.80. The number of benzene rings is 1. The molecular weight excluding hydrogens is 306 g/mol. The van der Waals surface area contributed by atoms with Crippen molar-refractivity contribution >= 4 is 23.5 Å². The number of ether oxygens (including phenoxy) is 4. The predicted octanol–water partition coefficient (Wildman–Crippen LogP) is 1.16. The Balaban J connectivity index is 2.75. The molecule has 2 N–H and O–H groups in total. The Bertz CT molecular complexity index is 523. The molecule has 22 heavy (non-hydrogen) atoms. The second-order valence-corrected chi connectivity index (χ2v) is 4.48. The number of rotatable bonds is 8. The molecule has 0 fully saturated rings. The van der Waals surface area contributed by atoms with Crippen LogP contribution in [-0.4, -0.2) is 52.9 Å². The van der Waals surface area contributed by atoms with E-state index in [4.69, 9.17) is 31.2 Å². The molecule has 0 saturated heterocycles. The summed E-state index contributed by atoms with van der Waals surface area (Å²) in [6.07, 6.45) is 1.59. The van der Waals surface area contributed by atoms with E-state index in [1.807, 2.05) is 0 Å². The van der Waals surface area contributed by atoms with Crippen molar-refractivity contribution in [1.82, 2.24) is 10.7 Å². The lowest BCUT2D eigenvalue weighted by Crippen LogP contribution is -2.34.